The minimum atomic E-state index is -3.65. The van der Waals surface area contributed by atoms with E-state index in [1.807, 2.05) is 0 Å². The quantitative estimate of drug-likeness (QED) is 0.524. The maximum atomic E-state index is 12.3. The first kappa shape index (κ1) is 13.1. The number of anilines is 1. The van der Waals surface area contributed by atoms with E-state index in [0.29, 0.717) is 19.4 Å². The molecule has 100 valence electrons. The molecule has 1 aromatic carbocycles. The summed E-state index contributed by atoms with van der Waals surface area (Å²) in [4.78, 5) is 0.0342. The monoisotopic (exact) mass is 272 g/mol. The number of aliphatic hydroxyl groups is 1. The molecule has 1 heterocycles. The third-order valence-electron chi connectivity index (χ3n) is 3.00. The zero-order valence-corrected chi connectivity index (χ0v) is 10.6. The number of rotatable bonds is 2. The fraction of sp³-hybridized carbons (Fsp3) is 0.455. The summed E-state index contributed by atoms with van der Waals surface area (Å²) in [5.74, 6) is -0.146. The first-order valence-electron chi connectivity index (χ1n) is 5.68. The molecule has 0 amide bonds. The van der Waals surface area contributed by atoms with Crippen LogP contribution in [0, 0.1) is 0 Å². The second-order valence-electron chi connectivity index (χ2n) is 4.38. The molecule has 1 aliphatic heterocycles. The lowest BCUT2D eigenvalue weighted by atomic mass is 10.1. The summed E-state index contributed by atoms with van der Waals surface area (Å²) in [6.07, 6.45) is 0.625. The van der Waals surface area contributed by atoms with Crippen LogP contribution in [0.2, 0.25) is 0 Å². The smallest absolute Gasteiger partial charge is 0.243 e. The Morgan fingerprint density at radius 3 is 2.72 bits per heavy atom. The Balaban J connectivity index is 2.32. The van der Waals surface area contributed by atoms with Gasteiger partial charge < -0.3 is 15.9 Å². The van der Waals surface area contributed by atoms with Crippen molar-refractivity contribution in [2.24, 2.45) is 0 Å². The van der Waals surface area contributed by atoms with E-state index in [4.69, 9.17) is 5.73 Å². The van der Waals surface area contributed by atoms with E-state index in [9.17, 15) is 18.6 Å². The molecule has 1 aromatic rings. The lowest BCUT2D eigenvalue weighted by molar-refractivity contribution is 0.108. The Labute approximate surface area is 106 Å². The van der Waals surface area contributed by atoms with Gasteiger partial charge in [-0.2, -0.15) is 4.31 Å². The maximum Gasteiger partial charge on any atom is 0.243 e. The summed E-state index contributed by atoms with van der Waals surface area (Å²) in [5.41, 5.74) is 5.51. The van der Waals surface area contributed by atoms with E-state index < -0.39 is 16.1 Å². The molecule has 7 heteroatoms. The molecule has 0 bridgehead atoms. The minimum absolute atomic E-state index is 0.0219. The van der Waals surface area contributed by atoms with Gasteiger partial charge >= 0.3 is 0 Å². The van der Waals surface area contributed by atoms with Crippen LogP contribution in [0.15, 0.2) is 23.1 Å². The first-order chi connectivity index (χ1) is 8.41. The second-order valence-corrected chi connectivity index (χ2v) is 6.32. The van der Waals surface area contributed by atoms with Gasteiger partial charge in [0.25, 0.3) is 0 Å². The molecule has 2 rings (SSSR count). The summed E-state index contributed by atoms with van der Waals surface area (Å²) in [7, 11) is -3.65. The van der Waals surface area contributed by atoms with Crippen molar-refractivity contribution in [2.75, 3.05) is 18.8 Å². The van der Waals surface area contributed by atoms with E-state index in [0.717, 1.165) is 0 Å². The van der Waals surface area contributed by atoms with Crippen molar-refractivity contribution in [3.63, 3.8) is 0 Å². The van der Waals surface area contributed by atoms with Crippen LogP contribution in [-0.4, -0.2) is 42.1 Å². The third-order valence-corrected chi connectivity index (χ3v) is 4.86. The molecule has 0 radical (unpaired) electrons. The predicted molar refractivity (Wildman–Crippen MR) is 66.5 cm³/mol. The van der Waals surface area contributed by atoms with Gasteiger partial charge in [0.05, 0.1) is 16.7 Å². The van der Waals surface area contributed by atoms with Crippen LogP contribution in [0.25, 0.3) is 0 Å². The van der Waals surface area contributed by atoms with Crippen LogP contribution in [0.4, 0.5) is 5.69 Å². The largest absolute Gasteiger partial charge is 0.506 e. The standard InChI is InChI=1S/C11H16N2O4S/c12-10-6-9(3-4-11(10)15)18(16,17)13-5-1-2-8(14)7-13/h3-4,6,8,14-15H,1-2,5,7,12H2/t8-/m0/s1. The van der Waals surface area contributed by atoms with Gasteiger partial charge in [0.1, 0.15) is 5.75 Å². The number of hydrogen-bond acceptors (Lipinski definition) is 5. The number of hydrogen-bond donors (Lipinski definition) is 3. The highest BCUT2D eigenvalue weighted by atomic mass is 32.2. The van der Waals surface area contributed by atoms with Crippen molar-refractivity contribution in [1.29, 1.82) is 0 Å². The molecule has 1 fully saturated rings. The highest BCUT2D eigenvalue weighted by Crippen LogP contribution is 2.26. The highest BCUT2D eigenvalue weighted by Gasteiger charge is 2.29. The maximum absolute atomic E-state index is 12.3. The van der Waals surface area contributed by atoms with Gasteiger partial charge in [-0.05, 0) is 31.0 Å². The lowest BCUT2D eigenvalue weighted by Crippen LogP contribution is -2.42. The molecule has 0 unspecified atom stereocenters. The van der Waals surface area contributed by atoms with Crippen LogP contribution < -0.4 is 5.73 Å². The molecule has 1 aliphatic rings. The topological polar surface area (TPSA) is 104 Å². The van der Waals surface area contributed by atoms with E-state index in [1.54, 1.807) is 0 Å². The Bertz CT molecular complexity index is 544. The van der Waals surface area contributed by atoms with Gasteiger partial charge in [0, 0.05) is 13.1 Å². The van der Waals surface area contributed by atoms with Crippen LogP contribution in [-0.2, 0) is 10.0 Å². The third kappa shape index (κ3) is 2.43. The number of piperidine rings is 1. The van der Waals surface area contributed by atoms with Gasteiger partial charge in [-0.15, -0.1) is 0 Å². The summed E-state index contributed by atoms with van der Waals surface area (Å²) < 4.78 is 25.8. The number of nitrogen functional groups attached to an aromatic ring is 1. The Kier molecular flexibility index (Phi) is 3.47. The summed E-state index contributed by atoms with van der Waals surface area (Å²) >= 11 is 0. The predicted octanol–water partition coefficient (Wildman–Crippen LogP) is 0.120. The number of phenols is 1. The number of benzene rings is 1. The molecule has 0 aromatic heterocycles. The van der Waals surface area contributed by atoms with Crippen molar-refractivity contribution in [3.05, 3.63) is 18.2 Å². The van der Waals surface area contributed by atoms with Crippen LogP contribution in [0.1, 0.15) is 12.8 Å². The average molecular weight is 272 g/mol. The molecular formula is C11H16N2O4S. The molecule has 0 aliphatic carbocycles. The number of sulfonamides is 1. The van der Waals surface area contributed by atoms with Gasteiger partial charge in [-0.25, -0.2) is 8.42 Å². The average Bonchev–Trinajstić information content (AvgIpc) is 2.32. The van der Waals surface area contributed by atoms with Gasteiger partial charge in [-0.3, -0.25) is 0 Å². The van der Waals surface area contributed by atoms with Crippen molar-refractivity contribution >= 4 is 15.7 Å². The van der Waals surface area contributed by atoms with Crippen LogP contribution in [0.5, 0.6) is 5.75 Å². The van der Waals surface area contributed by atoms with E-state index in [1.165, 1.54) is 22.5 Å². The zero-order valence-electron chi connectivity index (χ0n) is 9.78. The fourth-order valence-electron chi connectivity index (χ4n) is 1.98. The van der Waals surface area contributed by atoms with E-state index >= 15 is 0 Å². The Hall–Kier alpha value is -1.31. The second kappa shape index (κ2) is 4.75. The van der Waals surface area contributed by atoms with E-state index in [2.05, 4.69) is 0 Å². The molecule has 6 nitrogen and oxygen atoms in total. The molecule has 0 saturated carbocycles. The zero-order chi connectivity index (χ0) is 13.3. The molecule has 18 heavy (non-hydrogen) atoms. The lowest BCUT2D eigenvalue weighted by Gasteiger charge is -2.29. The Morgan fingerprint density at radius 1 is 1.39 bits per heavy atom. The van der Waals surface area contributed by atoms with Crippen molar-refractivity contribution in [3.8, 4) is 5.75 Å². The highest BCUT2D eigenvalue weighted by molar-refractivity contribution is 7.89. The van der Waals surface area contributed by atoms with Gasteiger partial charge in [0.2, 0.25) is 10.0 Å². The normalized spacial score (nSPS) is 21.9. The molecule has 4 N–H and O–H groups in total. The molecule has 1 atom stereocenters. The molecule has 1 saturated heterocycles. The summed E-state index contributed by atoms with van der Waals surface area (Å²) in [5, 5.41) is 18.8. The molecular weight excluding hydrogens is 256 g/mol. The summed E-state index contributed by atoms with van der Waals surface area (Å²) in [6.45, 7) is 0.489. The summed E-state index contributed by atoms with van der Waals surface area (Å²) in [6, 6.07) is 3.79. The molecule has 0 spiro atoms. The van der Waals surface area contributed by atoms with Crippen molar-refractivity contribution in [2.45, 2.75) is 23.8 Å². The fourth-order valence-corrected chi connectivity index (χ4v) is 3.53. The Morgan fingerprint density at radius 2 is 2.11 bits per heavy atom. The first-order valence-corrected chi connectivity index (χ1v) is 7.12. The van der Waals surface area contributed by atoms with Gasteiger partial charge in [0.15, 0.2) is 0 Å². The van der Waals surface area contributed by atoms with E-state index in [-0.39, 0.29) is 22.9 Å². The number of aromatic hydroxyl groups is 1. The minimum Gasteiger partial charge on any atom is -0.506 e. The van der Waals surface area contributed by atoms with Crippen LogP contribution in [0.3, 0.4) is 0 Å². The number of nitrogens with two attached hydrogens (primary N) is 1. The number of β-amino-alcohol motifs (C(OH)–C–C–N with tert-alkyl or cyclic N) is 1. The number of nitrogens with zero attached hydrogens (tertiary/aromatic N) is 1. The van der Waals surface area contributed by atoms with Crippen molar-refractivity contribution in [1.82, 2.24) is 4.31 Å². The van der Waals surface area contributed by atoms with Crippen LogP contribution >= 0.6 is 0 Å². The number of aliphatic hydroxyl groups excluding tert-OH is 1. The van der Waals surface area contributed by atoms with Gasteiger partial charge in [-0.1, -0.05) is 0 Å². The number of phenolic OH excluding ortho intramolecular Hbond substituents is 1. The SMILES string of the molecule is Nc1cc(S(=O)(=O)N2CCC[C@H](O)C2)ccc1O. The van der Waals surface area contributed by atoms with Crippen molar-refractivity contribution < 1.29 is 18.6 Å².